The average Bonchev–Trinajstić information content (AvgIpc) is 2.86. The summed E-state index contributed by atoms with van der Waals surface area (Å²) < 4.78 is 4.65. The zero-order valence-electron chi connectivity index (χ0n) is 9.01. The molecule has 84 valence electrons. The van der Waals surface area contributed by atoms with Crippen LogP contribution in [-0.4, -0.2) is 18.1 Å². The van der Waals surface area contributed by atoms with Crippen LogP contribution in [0.2, 0.25) is 0 Å². The van der Waals surface area contributed by atoms with E-state index in [0.717, 1.165) is 0 Å². The molecule has 0 atom stereocenters. The second-order valence-electron chi connectivity index (χ2n) is 3.18. The van der Waals surface area contributed by atoms with Crippen molar-refractivity contribution in [3.8, 4) is 16.5 Å². The smallest absolute Gasteiger partial charge is 0.358 e. The molecule has 2 rings (SSSR count). The molecule has 0 radical (unpaired) electrons. The van der Waals surface area contributed by atoms with Crippen LogP contribution in [0.25, 0.3) is 10.4 Å². The second kappa shape index (κ2) is 4.76. The van der Waals surface area contributed by atoms with E-state index in [-0.39, 0.29) is 5.69 Å². The van der Waals surface area contributed by atoms with Crippen molar-refractivity contribution in [2.75, 3.05) is 7.11 Å². The van der Waals surface area contributed by atoms with Gasteiger partial charge in [0.05, 0.1) is 29.1 Å². The highest BCUT2D eigenvalue weighted by atomic mass is 32.1. The van der Waals surface area contributed by atoms with Gasteiger partial charge in [-0.05, 0) is 6.07 Å². The lowest BCUT2D eigenvalue weighted by Gasteiger charge is -2.02. The number of nitrogens with zero attached hydrogens (tertiary/aromatic N) is 2. The third kappa shape index (κ3) is 2.03. The van der Waals surface area contributed by atoms with Crippen LogP contribution in [-0.2, 0) is 4.74 Å². The molecule has 0 aliphatic heterocycles. The molecule has 0 spiro atoms. The van der Waals surface area contributed by atoms with E-state index in [1.54, 1.807) is 23.7 Å². The summed E-state index contributed by atoms with van der Waals surface area (Å²) in [6.45, 7) is 0. The van der Waals surface area contributed by atoms with Crippen LogP contribution in [0.15, 0.2) is 29.8 Å². The predicted octanol–water partition coefficient (Wildman–Crippen LogP) is 2.47. The molecule has 0 unspecified atom stereocenters. The fourth-order valence-electron chi connectivity index (χ4n) is 1.46. The Morgan fingerprint density at radius 3 is 2.94 bits per heavy atom. The van der Waals surface area contributed by atoms with Crippen LogP contribution in [0.1, 0.15) is 16.1 Å². The lowest BCUT2D eigenvalue weighted by atomic mass is 10.1. The lowest BCUT2D eigenvalue weighted by molar-refractivity contribution is 0.0596. The van der Waals surface area contributed by atoms with E-state index in [0.29, 0.717) is 16.0 Å². The molecule has 1 aromatic carbocycles. The number of nitriles is 1. The zero-order valence-corrected chi connectivity index (χ0v) is 9.82. The molecule has 0 bridgehead atoms. The Labute approximate surface area is 102 Å². The fraction of sp³-hybridized carbons (Fsp3) is 0.0833. The molecular formula is C12H8N2O2S. The van der Waals surface area contributed by atoms with Crippen LogP contribution in [0.3, 0.4) is 0 Å². The van der Waals surface area contributed by atoms with E-state index in [2.05, 4.69) is 15.8 Å². The van der Waals surface area contributed by atoms with Gasteiger partial charge in [0.2, 0.25) is 0 Å². The van der Waals surface area contributed by atoms with E-state index in [1.165, 1.54) is 18.4 Å². The number of benzene rings is 1. The van der Waals surface area contributed by atoms with Gasteiger partial charge in [-0.2, -0.15) is 5.26 Å². The first-order chi connectivity index (χ1) is 8.27. The Morgan fingerprint density at radius 1 is 1.47 bits per heavy atom. The monoisotopic (exact) mass is 244 g/mol. The molecule has 0 saturated carbocycles. The molecule has 1 aromatic heterocycles. The number of methoxy groups -OCH3 is 1. The van der Waals surface area contributed by atoms with Crippen molar-refractivity contribution in [3.05, 3.63) is 41.0 Å². The van der Waals surface area contributed by atoms with Crippen LogP contribution < -0.4 is 0 Å². The summed E-state index contributed by atoms with van der Waals surface area (Å²) in [4.78, 5) is 16.1. The Bertz CT molecular complexity index is 599. The molecular weight excluding hydrogens is 236 g/mol. The molecule has 0 fully saturated rings. The first-order valence-electron chi connectivity index (χ1n) is 4.79. The van der Waals surface area contributed by atoms with Crippen LogP contribution in [0.5, 0.6) is 0 Å². The first kappa shape index (κ1) is 11.3. The molecule has 0 aliphatic carbocycles. The number of aromatic nitrogens is 1. The highest BCUT2D eigenvalue weighted by molar-refractivity contribution is 7.13. The Balaban J connectivity index is 2.58. The SMILES string of the molecule is COC(=O)c1ncsc1-c1ccccc1C#N. The van der Waals surface area contributed by atoms with Crippen molar-refractivity contribution in [1.82, 2.24) is 4.98 Å². The minimum atomic E-state index is -0.492. The molecule has 5 heteroatoms. The molecule has 1 heterocycles. The van der Waals surface area contributed by atoms with Crippen molar-refractivity contribution in [3.63, 3.8) is 0 Å². The summed E-state index contributed by atoms with van der Waals surface area (Å²) in [5, 5.41) is 9.02. The van der Waals surface area contributed by atoms with E-state index in [1.807, 2.05) is 6.07 Å². The van der Waals surface area contributed by atoms with Gasteiger partial charge in [-0.3, -0.25) is 0 Å². The Kier molecular flexibility index (Phi) is 3.17. The summed E-state index contributed by atoms with van der Waals surface area (Å²) in [6.07, 6.45) is 0. The van der Waals surface area contributed by atoms with E-state index < -0.39 is 5.97 Å². The molecule has 0 amide bonds. The Morgan fingerprint density at radius 2 is 2.24 bits per heavy atom. The maximum Gasteiger partial charge on any atom is 0.358 e. The summed E-state index contributed by atoms with van der Waals surface area (Å²) in [6, 6.07) is 9.18. The number of thiazole rings is 1. The van der Waals surface area contributed by atoms with Gasteiger partial charge < -0.3 is 4.74 Å². The third-order valence-electron chi connectivity index (χ3n) is 2.24. The van der Waals surface area contributed by atoms with Crippen molar-refractivity contribution in [1.29, 1.82) is 5.26 Å². The summed E-state index contributed by atoms with van der Waals surface area (Å²) in [7, 11) is 1.31. The maximum absolute atomic E-state index is 11.5. The molecule has 0 N–H and O–H groups in total. The first-order valence-corrected chi connectivity index (χ1v) is 5.67. The van der Waals surface area contributed by atoms with Crippen molar-refractivity contribution in [2.24, 2.45) is 0 Å². The normalized spacial score (nSPS) is 9.65. The zero-order chi connectivity index (χ0) is 12.3. The second-order valence-corrected chi connectivity index (χ2v) is 4.03. The van der Waals surface area contributed by atoms with Crippen molar-refractivity contribution < 1.29 is 9.53 Å². The molecule has 2 aromatic rings. The van der Waals surface area contributed by atoms with Crippen LogP contribution >= 0.6 is 11.3 Å². The molecule has 4 nitrogen and oxygen atoms in total. The predicted molar refractivity (Wildman–Crippen MR) is 63.6 cm³/mol. The van der Waals surface area contributed by atoms with Gasteiger partial charge in [0, 0.05) is 5.56 Å². The standard InChI is InChI=1S/C12H8N2O2S/c1-16-12(15)10-11(17-7-14-10)9-5-3-2-4-8(9)6-13/h2-5,7H,1H3. The number of carbonyl (C=O) groups excluding carboxylic acids is 1. The van der Waals surface area contributed by atoms with Gasteiger partial charge in [-0.25, -0.2) is 9.78 Å². The largest absolute Gasteiger partial charge is 0.464 e. The lowest BCUT2D eigenvalue weighted by Crippen LogP contribution is -2.03. The van der Waals surface area contributed by atoms with E-state index >= 15 is 0 Å². The molecule has 17 heavy (non-hydrogen) atoms. The van der Waals surface area contributed by atoms with Crippen LogP contribution in [0.4, 0.5) is 0 Å². The summed E-state index contributed by atoms with van der Waals surface area (Å²) >= 11 is 1.31. The van der Waals surface area contributed by atoms with Gasteiger partial charge in [0.15, 0.2) is 5.69 Å². The number of esters is 1. The van der Waals surface area contributed by atoms with Gasteiger partial charge >= 0.3 is 5.97 Å². The molecule has 0 saturated heterocycles. The average molecular weight is 244 g/mol. The molecule has 0 aliphatic rings. The van der Waals surface area contributed by atoms with Gasteiger partial charge in [0.25, 0.3) is 0 Å². The number of hydrogen-bond donors (Lipinski definition) is 0. The minimum absolute atomic E-state index is 0.250. The number of rotatable bonds is 2. The van der Waals surface area contributed by atoms with E-state index in [9.17, 15) is 4.79 Å². The summed E-state index contributed by atoms with van der Waals surface area (Å²) in [5.41, 5.74) is 3.04. The number of carbonyl (C=O) groups is 1. The van der Waals surface area contributed by atoms with Crippen molar-refractivity contribution in [2.45, 2.75) is 0 Å². The van der Waals surface area contributed by atoms with Gasteiger partial charge in [-0.1, -0.05) is 18.2 Å². The third-order valence-corrected chi connectivity index (χ3v) is 3.10. The van der Waals surface area contributed by atoms with Gasteiger partial charge in [0.1, 0.15) is 0 Å². The fourth-order valence-corrected chi connectivity index (χ4v) is 2.27. The maximum atomic E-state index is 11.5. The topological polar surface area (TPSA) is 63.0 Å². The Hall–Kier alpha value is -2.19. The number of ether oxygens (including phenoxy) is 1. The summed E-state index contributed by atoms with van der Waals surface area (Å²) in [5.74, 6) is -0.492. The highest BCUT2D eigenvalue weighted by Crippen LogP contribution is 2.30. The van der Waals surface area contributed by atoms with Crippen molar-refractivity contribution >= 4 is 17.3 Å². The van der Waals surface area contributed by atoms with E-state index in [4.69, 9.17) is 5.26 Å². The number of hydrogen-bond acceptors (Lipinski definition) is 5. The van der Waals surface area contributed by atoms with Gasteiger partial charge in [-0.15, -0.1) is 11.3 Å². The van der Waals surface area contributed by atoms with Crippen LogP contribution in [0, 0.1) is 11.3 Å². The minimum Gasteiger partial charge on any atom is -0.464 e. The quantitative estimate of drug-likeness (QED) is 0.761. The highest BCUT2D eigenvalue weighted by Gasteiger charge is 2.18.